The molecule has 0 saturated carbocycles. The number of nitrogens with zero attached hydrogens (tertiary/aromatic N) is 5. The highest BCUT2D eigenvalue weighted by molar-refractivity contribution is 5.80. The van der Waals surface area contributed by atoms with Gasteiger partial charge in [-0.05, 0) is 68.8 Å². The van der Waals surface area contributed by atoms with Crippen LogP contribution in [0.3, 0.4) is 0 Å². The summed E-state index contributed by atoms with van der Waals surface area (Å²) in [5.41, 5.74) is 5.02. The summed E-state index contributed by atoms with van der Waals surface area (Å²) in [4.78, 5) is 16.4. The van der Waals surface area contributed by atoms with Crippen molar-refractivity contribution < 1.29 is 0 Å². The number of rotatable bonds is 4. The molecular formula is C24H27N7. The zero-order valence-electron chi connectivity index (χ0n) is 17.8. The lowest BCUT2D eigenvalue weighted by Gasteiger charge is -2.53. The first-order chi connectivity index (χ1) is 15.2. The van der Waals surface area contributed by atoms with E-state index in [-0.39, 0.29) is 0 Å². The summed E-state index contributed by atoms with van der Waals surface area (Å²) >= 11 is 0. The van der Waals surface area contributed by atoms with E-state index in [4.69, 9.17) is 4.98 Å². The SMILES string of the molecule is CCc1ccc2ccc3cnc(Nc4ccc(N5CC6(CCNCC6)C5)cn4)nc3n12. The summed E-state index contributed by atoms with van der Waals surface area (Å²) in [5, 5.41) is 7.77. The third-order valence-electron chi connectivity index (χ3n) is 6.87. The summed E-state index contributed by atoms with van der Waals surface area (Å²) in [5.74, 6) is 1.32. The lowest BCUT2D eigenvalue weighted by molar-refractivity contribution is 0.150. The molecule has 0 radical (unpaired) electrons. The van der Waals surface area contributed by atoms with Crippen LogP contribution in [0.1, 0.15) is 25.5 Å². The summed E-state index contributed by atoms with van der Waals surface area (Å²) in [6.07, 6.45) is 7.35. The van der Waals surface area contributed by atoms with Crippen LogP contribution < -0.4 is 15.5 Å². The predicted molar refractivity (Wildman–Crippen MR) is 124 cm³/mol. The fourth-order valence-corrected chi connectivity index (χ4v) is 5.06. The van der Waals surface area contributed by atoms with E-state index < -0.39 is 0 Å². The molecule has 2 saturated heterocycles. The first kappa shape index (κ1) is 18.6. The molecule has 2 fully saturated rings. The Morgan fingerprint density at radius 3 is 2.61 bits per heavy atom. The highest BCUT2D eigenvalue weighted by Crippen LogP contribution is 2.41. The van der Waals surface area contributed by atoms with E-state index in [1.54, 1.807) is 0 Å². The van der Waals surface area contributed by atoms with Crippen molar-refractivity contribution >= 4 is 34.0 Å². The van der Waals surface area contributed by atoms with Gasteiger partial charge in [-0.25, -0.2) is 9.97 Å². The number of piperidine rings is 1. The van der Waals surface area contributed by atoms with Crippen molar-refractivity contribution in [1.82, 2.24) is 24.7 Å². The molecule has 4 aromatic rings. The van der Waals surface area contributed by atoms with Gasteiger partial charge in [-0.1, -0.05) is 6.92 Å². The molecule has 0 atom stereocenters. The molecule has 0 amide bonds. The van der Waals surface area contributed by atoms with E-state index >= 15 is 0 Å². The third kappa shape index (κ3) is 3.20. The Kier molecular flexibility index (Phi) is 4.31. The van der Waals surface area contributed by atoms with Gasteiger partial charge >= 0.3 is 0 Å². The Bertz CT molecular complexity index is 1230. The van der Waals surface area contributed by atoms with E-state index in [1.165, 1.54) is 24.2 Å². The van der Waals surface area contributed by atoms with Crippen LogP contribution in [0.2, 0.25) is 0 Å². The number of hydrogen-bond acceptors (Lipinski definition) is 6. The van der Waals surface area contributed by atoms with Crippen LogP contribution >= 0.6 is 0 Å². The quantitative estimate of drug-likeness (QED) is 0.531. The fourth-order valence-electron chi connectivity index (χ4n) is 5.06. The minimum absolute atomic E-state index is 0.516. The zero-order chi connectivity index (χ0) is 20.8. The molecule has 0 unspecified atom stereocenters. The van der Waals surface area contributed by atoms with Gasteiger partial charge in [0.25, 0.3) is 0 Å². The minimum Gasteiger partial charge on any atom is -0.369 e. The number of hydrogen-bond donors (Lipinski definition) is 2. The monoisotopic (exact) mass is 413 g/mol. The predicted octanol–water partition coefficient (Wildman–Crippen LogP) is 3.77. The van der Waals surface area contributed by atoms with Crippen molar-refractivity contribution in [2.45, 2.75) is 26.2 Å². The van der Waals surface area contributed by atoms with Gasteiger partial charge in [0, 0.05) is 41.3 Å². The third-order valence-corrected chi connectivity index (χ3v) is 6.87. The number of pyridine rings is 2. The van der Waals surface area contributed by atoms with Crippen LogP contribution in [0, 0.1) is 5.41 Å². The van der Waals surface area contributed by atoms with Crippen molar-refractivity contribution in [2.75, 3.05) is 36.4 Å². The van der Waals surface area contributed by atoms with Gasteiger partial charge in [0.1, 0.15) is 11.5 Å². The maximum Gasteiger partial charge on any atom is 0.230 e. The van der Waals surface area contributed by atoms with Crippen LogP contribution in [0.25, 0.3) is 16.6 Å². The molecule has 2 N–H and O–H groups in total. The van der Waals surface area contributed by atoms with Crippen molar-refractivity contribution in [2.24, 2.45) is 5.41 Å². The van der Waals surface area contributed by atoms with E-state index in [0.29, 0.717) is 11.4 Å². The number of nitrogens with one attached hydrogen (secondary N) is 2. The Balaban J connectivity index is 1.22. The van der Waals surface area contributed by atoms with Crippen LogP contribution in [0.5, 0.6) is 0 Å². The van der Waals surface area contributed by atoms with Gasteiger partial charge in [0.05, 0.1) is 11.9 Å². The molecule has 0 bridgehead atoms. The number of aryl methyl sites for hydroxylation is 1. The van der Waals surface area contributed by atoms with E-state index in [1.807, 2.05) is 18.5 Å². The highest BCUT2D eigenvalue weighted by Gasteiger charge is 2.43. The molecular weight excluding hydrogens is 386 g/mol. The Morgan fingerprint density at radius 1 is 1.00 bits per heavy atom. The first-order valence-corrected chi connectivity index (χ1v) is 11.2. The summed E-state index contributed by atoms with van der Waals surface area (Å²) in [6, 6.07) is 12.6. The first-order valence-electron chi connectivity index (χ1n) is 11.2. The summed E-state index contributed by atoms with van der Waals surface area (Å²) in [7, 11) is 0. The van der Waals surface area contributed by atoms with Crippen molar-refractivity contribution in [3.05, 3.63) is 54.5 Å². The molecule has 6 heterocycles. The Morgan fingerprint density at radius 2 is 1.84 bits per heavy atom. The van der Waals surface area contributed by atoms with Crippen molar-refractivity contribution in [3.8, 4) is 0 Å². The van der Waals surface area contributed by atoms with Crippen LogP contribution in [0.15, 0.2) is 48.8 Å². The van der Waals surface area contributed by atoms with Crippen LogP contribution in [-0.4, -0.2) is 45.5 Å². The number of fused-ring (bicyclic) bond motifs is 3. The summed E-state index contributed by atoms with van der Waals surface area (Å²) < 4.78 is 2.21. The largest absolute Gasteiger partial charge is 0.369 e. The van der Waals surface area contributed by atoms with Gasteiger partial charge in [0.2, 0.25) is 5.95 Å². The minimum atomic E-state index is 0.516. The Labute approximate surface area is 181 Å². The van der Waals surface area contributed by atoms with Crippen LogP contribution in [0.4, 0.5) is 17.5 Å². The maximum absolute atomic E-state index is 4.81. The molecule has 0 aromatic carbocycles. The molecule has 7 nitrogen and oxygen atoms in total. The average Bonchev–Trinajstić information content (AvgIpc) is 3.22. The lowest BCUT2D eigenvalue weighted by Crippen LogP contribution is -2.60. The Hall–Kier alpha value is -3.19. The topological polar surface area (TPSA) is 70.4 Å². The molecule has 4 aromatic heterocycles. The molecule has 7 heteroatoms. The molecule has 31 heavy (non-hydrogen) atoms. The smallest absolute Gasteiger partial charge is 0.230 e. The van der Waals surface area contributed by atoms with E-state index in [9.17, 15) is 0 Å². The normalized spacial score (nSPS) is 17.9. The second-order valence-electron chi connectivity index (χ2n) is 8.88. The second-order valence-corrected chi connectivity index (χ2v) is 8.88. The van der Waals surface area contributed by atoms with Gasteiger partial charge in [-0.3, -0.25) is 4.40 Å². The standard InChI is InChI=1S/C24H27N7/c1-2-18-5-6-19-4-3-17-13-27-23(29-22(17)31(18)19)28-21-8-7-20(14-26-21)30-15-24(16-30)9-11-25-12-10-24/h3-8,13-14,25H,2,9-12,15-16H2,1H3,(H,26,27,28,29). The zero-order valence-corrected chi connectivity index (χ0v) is 17.8. The molecule has 2 aliphatic rings. The van der Waals surface area contributed by atoms with Gasteiger partial charge in [-0.2, -0.15) is 4.98 Å². The van der Waals surface area contributed by atoms with Gasteiger partial charge in [0.15, 0.2) is 0 Å². The number of aromatic nitrogens is 4. The average molecular weight is 414 g/mol. The molecule has 0 aliphatic carbocycles. The van der Waals surface area contributed by atoms with Crippen molar-refractivity contribution in [1.29, 1.82) is 0 Å². The molecule has 2 aliphatic heterocycles. The van der Waals surface area contributed by atoms with Gasteiger partial charge < -0.3 is 15.5 Å². The molecule has 158 valence electrons. The summed E-state index contributed by atoms with van der Waals surface area (Å²) in [6.45, 7) is 6.75. The van der Waals surface area contributed by atoms with E-state index in [2.05, 4.69) is 67.2 Å². The second kappa shape index (κ2) is 7.20. The molecule has 6 rings (SSSR count). The lowest BCUT2D eigenvalue weighted by atomic mass is 9.72. The van der Waals surface area contributed by atoms with E-state index in [0.717, 1.165) is 55.0 Å². The molecule has 1 spiro atoms. The maximum atomic E-state index is 4.81. The number of anilines is 3. The van der Waals surface area contributed by atoms with Crippen molar-refractivity contribution in [3.63, 3.8) is 0 Å². The van der Waals surface area contributed by atoms with Gasteiger partial charge in [-0.15, -0.1) is 0 Å². The van der Waals surface area contributed by atoms with Crippen LogP contribution in [-0.2, 0) is 6.42 Å². The fraction of sp³-hybridized carbons (Fsp3) is 0.375. The highest BCUT2D eigenvalue weighted by atomic mass is 15.2.